The van der Waals surface area contributed by atoms with Gasteiger partial charge >= 0.3 is 0 Å². The van der Waals surface area contributed by atoms with E-state index in [9.17, 15) is 4.79 Å². The van der Waals surface area contributed by atoms with E-state index in [2.05, 4.69) is 27.7 Å². The summed E-state index contributed by atoms with van der Waals surface area (Å²) in [5.41, 5.74) is -0.160. The highest BCUT2D eigenvalue weighted by atomic mass is 32.2. The molecular formula is C11H22OS. The quantitative estimate of drug-likeness (QED) is 0.691. The highest BCUT2D eigenvalue weighted by Gasteiger charge is 2.30. The van der Waals surface area contributed by atoms with Gasteiger partial charge in [0.2, 0.25) is 0 Å². The van der Waals surface area contributed by atoms with E-state index in [-0.39, 0.29) is 10.2 Å². The van der Waals surface area contributed by atoms with E-state index in [0.29, 0.717) is 5.12 Å². The molecule has 0 aromatic rings. The molecule has 0 aliphatic heterocycles. The van der Waals surface area contributed by atoms with Crippen LogP contribution in [0.2, 0.25) is 0 Å². The maximum atomic E-state index is 11.8. The summed E-state index contributed by atoms with van der Waals surface area (Å²) in [6.45, 7) is 12.4. The first kappa shape index (κ1) is 13.0. The molecule has 13 heavy (non-hydrogen) atoms. The van der Waals surface area contributed by atoms with Crippen LogP contribution in [-0.2, 0) is 4.79 Å². The lowest BCUT2D eigenvalue weighted by Crippen LogP contribution is -2.25. The Bertz CT molecular complexity index is 177. The second-order valence-electron chi connectivity index (χ2n) is 5.14. The molecule has 0 saturated carbocycles. The maximum Gasteiger partial charge on any atom is 0.195 e. The lowest BCUT2D eigenvalue weighted by Gasteiger charge is -2.26. The minimum Gasteiger partial charge on any atom is -0.287 e. The van der Waals surface area contributed by atoms with E-state index < -0.39 is 0 Å². The predicted molar refractivity (Wildman–Crippen MR) is 61.0 cm³/mol. The van der Waals surface area contributed by atoms with Crippen molar-refractivity contribution < 1.29 is 4.79 Å². The molecule has 78 valence electrons. The standard InChI is InChI=1S/C11H22OS/c1-7-8-11(5,6)9(12)13-10(2,3)4/h7-8H2,1-6H3. The molecule has 0 amide bonds. The first-order chi connectivity index (χ1) is 5.69. The Balaban J connectivity index is 4.25. The van der Waals surface area contributed by atoms with E-state index in [1.54, 1.807) is 0 Å². The highest BCUT2D eigenvalue weighted by Crippen LogP contribution is 2.35. The molecule has 0 radical (unpaired) electrons. The van der Waals surface area contributed by atoms with Crippen molar-refractivity contribution >= 4 is 16.9 Å². The Morgan fingerprint density at radius 3 is 1.92 bits per heavy atom. The lowest BCUT2D eigenvalue weighted by atomic mass is 9.90. The first-order valence-corrected chi connectivity index (χ1v) is 5.74. The molecule has 0 unspecified atom stereocenters. The topological polar surface area (TPSA) is 17.1 Å². The minimum atomic E-state index is -0.160. The van der Waals surface area contributed by atoms with Gasteiger partial charge in [-0.15, -0.1) is 0 Å². The molecule has 0 rings (SSSR count). The van der Waals surface area contributed by atoms with Crippen LogP contribution in [0.4, 0.5) is 0 Å². The zero-order chi connectivity index (χ0) is 10.7. The SMILES string of the molecule is CCCC(C)(C)C(=O)SC(C)(C)C. The van der Waals surface area contributed by atoms with Crippen LogP contribution in [0.1, 0.15) is 54.4 Å². The Morgan fingerprint density at radius 2 is 1.62 bits per heavy atom. The Kier molecular flexibility index (Phi) is 4.50. The number of thioether (sulfide) groups is 1. The molecular weight excluding hydrogens is 180 g/mol. The molecule has 0 bridgehead atoms. The molecule has 0 aromatic heterocycles. The number of hydrogen-bond acceptors (Lipinski definition) is 2. The molecule has 0 spiro atoms. The second kappa shape index (κ2) is 4.50. The first-order valence-electron chi connectivity index (χ1n) is 4.92. The van der Waals surface area contributed by atoms with E-state index >= 15 is 0 Å². The summed E-state index contributed by atoms with van der Waals surface area (Å²) in [5, 5.41) is 0.321. The summed E-state index contributed by atoms with van der Waals surface area (Å²) in [6, 6.07) is 0. The average molecular weight is 202 g/mol. The zero-order valence-corrected chi connectivity index (χ0v) is 10.5. The van der Waals surface area contributed by atoms with Gasteiger partial charge in [0.1, 0.15) is 0 Å². The van der Waals surface area contributed by atoms with Gasteiger partial charge in [0.25, 0.3) is 0 Å². The smallest absolute Gasteiger partial charge is 0.195 e. The minimum absolute atomic E-state index is 0.0437. The molecule has 0 fully saturated rings. The number of carbonyl (C=O) groups is 1. The third-order valence-corrected chi connectivity index (χ3v) is 3.18. The Morgan fingerprint density at radius 1 is 1.15 bits per heavy atom. The molecule has 0 aromatic carbocycles. The molecule has 0 heterocycles. The van der Waals surface area contributed by atoms with Crippen molar-refractivity contribution in [2.24, 2.45) is 5.41 Å². The third kappa shape index (κ3) is 5.35. The zero-order valence-electron chi connectivity index (χ0n) is 9.73. The van der Waals surface area contributed by atoms with Crippen LogP contribution in [0.3, 0.4) is 0 Å². The van der Waals surface area contributed by atoms with Crippen molar-refractivity contribution in [1.29, 1.82) is 0 Å². The molecule has 0 atom stereocenters. The Labute approximate surface area is 86.7 Å². The molecule has 0 N–H and O–H groups in total. The van der Waals surface area contributed by atoms with Gasteiger partial charge in [0, 0.05) is 10.2 Å². The third-order valence-electron chi connectivity index (χ3n) is 1.83. The normalized spacial score (nSPS) is 13.1. The summed E-state index contributed by atoms with van der Waals surface area (Å²) in [6.07, 6.45) is 2.05. The molecule has 0 saturated heterocycles. The van der Waals surface area contributed by atoms with Crippen molar-refractivity contribution in [2.75, 3.05) is 0 Å². The Hall–Kier alpha value is 0.0200. The highest BCUT2D eigenvalue weighted by molar-refractivity contribution is 8.14. The van der Waals surface area contributed by atoms with Gasteiger partial charge in [0.15, 0.2) is 5.12 Å². The molecule has 2 heteroatoms. The second-order valence-corrected chi connectivity index (χ2v) is 6.94. The van der Waals surface area contributed by atoms with Crippen molar-refractivity contribution in [2.45, 2.75) is 59.1 Å². The number of hydrogen-bond donors (Lipinski definition) is 0. The maximum absolute atomic E-state index is 11.8. The van der Waals surface area contributed by atoms with E-state index in [0.717, 1.165) is 12.8 Å². The van der Waals surface area contributed by atoms with Crippen LogP contribution in [0.5, 0.6) is 0 Å². The van der Waals surface area contributed by atoms with Crippen LogP contribution >= 0.6 is 11.8 Å². The summed E-state index contributed by atoms with van der Waals surface area (Å²) >= 11 is 1.46. The van der Waals surface area contributed by atoms with Gasteiger partial charge in [-0.05, 0) is 6.42 Å². The predicted octanol–water partition coefficient (Wildman–Crippen LogP) is 3.87. The van der Waals surface area contributed by atoms with Gasteiger partial charge in [-0.3, -0.25) is 4.79 Å². The fraction of sp³-hybridized carbons (Fsp3) is 0.909. The van der Waals surface area contributed by atoms with Gasteiger partial charge < -0.3 is 0 Å². The number of rotatable bonds is 3. The van der Waals surface area contributed by atoms with Gasteiger partial charge in [-0.1, -0.05) is 59.7 Å². The molecule has 0 aliphatic carbocycles. The van der Waals surface area contributed by atoms with Gasteiger partial charge in [-0.2, -0.15) is 0 Å². The molecule has 0 aliphatic rings. The average Bonchev–Trinajstić information content (AvgIpc) is 1.82. The number of carbonyl (C=O) groups excluding carboxylic acids is 1. The molecule has 1 nitrogen and oxygen atoms in total. The van der Waals surface area contributed by atoms with Crippen LogP contribution < -0.4 is 0 Å². The largest absolute Gasteiger partial charge is 0.287 e. The monoisotopic (exact) mass is 202 g/mol. The van der Waals surface area contributed by atoms with Crippen LogP contribution in [0.25, 0.3) is 0 Å². The summed E-state index contributed by atoms with van der Waals surface area (Å²) < 4.78 is 0.0437. The van der Waals surface area contributed by atoms with E-state index in [1.807, 2.05) is 13.8 Å². The summed E-state index contributed by atoms with van der Waals surface area (Å²) in [5.74, 6) is 0. The van der Waals surface area contributed by atoms with Gasteiger partial charge in [0.05, 0.1) is 0 Å². The van der Waals surface area contributed by atoms with Crippen LogP contribution in [-0.4, -0.2) is 9.86 Å². The van der Waals surface area contributed by atoms with Crippen LogP contribution in [0.15, 0.2) is 0 Å². The lowest BCUT2D eigenvalue weighted by molar-refractivity contribution is -0.118. The van der Waals surface area contributed by atoms with Crippen molar-refractivity contribution in [3.63, 3.8) is 0 Å². The van der Waals surface area contributed by atoms with Crippen LogP contribution in [0, 0.1) is 5.41 Å². The van der Waals surface area contributed by atoms with Crippen molar-refractivity contribution in [1.82, 2.24) is 0 Å². The van der Waals surface area contributed by atoms with Gasteiger partial charge in [-0.25, -0.2) is 0 Å². The van der Waals surface area contributed by atoms with E-state index in [4.69, 9.17) is 0 Å². The fourth-order valence-corrected chi connectivity index (χ4v) is 2.08. The van der Waals surface area contributed by atoms with Crippen molar-refractivity contribution in [3.05, 3.63) is 0 Å². The fourth-order valence-electron chi connectivity index (χ4n) is 1.14. The summed E-state index contributed by atoms with van der Waals surface area (Å²) in [4.78, 5) is 11.8. The van der Waals surface area contributed by atoms with Crippen molar-refractivity contribution in [3.8, 4) is 0 Å². The summed E-state index contributed by atoms with van der Waals surface area (Å²) in [7, 11) is 0. The van der Waals surface area contributed by atoms with E-state index in [1.165, 1.54) is 11.8 Å².